The van der Waals surface area contributed by atoms with Crippen molar-refractivity contribution in [2.45, 2.75) is 58.1 Å². The van der Waals surface area contributed by atoms with Crippen molar-refractivity contribution in [3.8, 4) is 5.88 Å². The summed E-state index contributed by atoms with van der Waals surface area (Å²) >= 11 is 6.13. The van der Waals surface area contributed by atoms with Gasteiger partial charge in [0.1, 0.15) is 5.02 Å². The van der Waals surface area contributed by atoms with Gasteiger partial charge in [0.25, 0.3) is 5.91 Å². The summed E-state index contributed by atoms with van der Waals surface area (Å²) in [6.07, 6.45) is 7.37. The summed E-state index contributed by atoms with van der Waals surface area (Å²) < 4.78 is 11.2. The smallest absolute Gasteiger partial charge is 0.253 e. The van der Waals surface area contributed by atoms with Gasteiger partial charge in [-0.05, 0) is 39.2 Å². The van der Waals surface area contributed by atoms with E-state index in [1.807, 2.05) is 13.8 Å². The number of ether oxygens (including phenoxy) is 2. The number of carbonyl (C=O) groups is 1. The molecule has 1 aromatic heterocycles. The van der Waals surface area contributed by atoms with Gasteiger partial charge in [-0.1, -0.05) is 24.4 Å². The number of rotatable bonds is 6. The average molecular weight is 353 g/mol. The summed E-state index contributed by atoms with van der Waals surface area (Å²) in [5.74, 6) is 0.238. The van der Waals surface area contributed by atoms with E-state index in [0.717, 1.165) is 25.9 Å². The summed E-state index contributed by atoms with van der Waals surface area (Å²) in [6.45, 7) is 5.11. The second kappa shape index (κ2) is 7.28. The Morgan fingerprint density at radius 3 is 2.75 bits per heavy atom. The lowest BCUT2D eigenvalue weighted by Gasteiger charge is -2.54. The van der Waals surface area contributed by atoms with Crippen molar-refractivity contribution >= 4 is 17.5 Å². The highest BCUT2D eigenvalue weighted by molar-refractivity contribution is 6.32. The molecule has 3 rings (SSSR count). The Bertz CT molecular complexity index is 602. The first-order valence-corrected chi connectivity index (χ1v) is 9.19. The molecule has 132 valence electrons. The quantitative estimate of drug-likeness (QED) is 0.849. The molecule has 24 heavy (non-hydrogen) atoms. The number of halogens is 1. The lowest BCUT2D eigenvalue weighted by molar-refractivity contribution is -0.127. The fourth-order valence-corrected chi connectivity index (χ4v) is 4.34. The van der Waals surface area contributed by atoms with Gasteiger partial charge in [-0.15, -0.1) is 0 Å². The molecule has 0 saturated heterocycles. The van der Waals surface area contributed by atoms with Crippen LogP contribution in [0.5, 0.6) is 5.88 Å². The number of hydrogen-bond donors (Lipinski definition) is 1. The zero-order valence-corrected chi connectivity index (χ0v) is 15.1. The first-order valence-electron chi connectivity index (χ1n) is 8.81. The largest absolute Gasteiger partial charge is 0.477 e. The third kappa shape index (κ3) is 3.11. The topological polar surface area (TPSA) is 60.5 Å². The average Bonchev–Trinajstić information content (AvgIpc) is 3.08. The molecule has 2 atom stereocenters. The van der Waals surface area contributed by atoms with E-state index in [1.54, 1.807) is 6.07 Å². The molecule has 0 radical (unpaired) electrons. The van der Waals surface area contributed by atoms with Crippen molar-refractivity contribution < 1.29 is 14.3 Å². The van der Waals surface area contributed by atoms with Crippen LogP contribution in [0.15, 0.2) is 12.3 Å². The number of amides is 1. The van der Waals surface area contributed by atoms with E-state index in [-0.39, 0.29) is 23.5 Å². The Labute approximate surface area is 148 Å². The predicted octanol–water partition coefficient (Wildman–Crippen LogP) is 3.60. The van der Waals surface area contributed by atoms with E-state index in [2.05, 4.69) is 10.3 Å². The Morgan fingerprint density at radius 2 is 2.12 bits per heavy atom. The lowest BCUT2D eigenvalue weighted by atomic mass is 9.60. The third-order valence-corrected chi connectivity index (χ3v) is 5.61. The van der Waals surface area contributed by atoms with Crippen molar-refractivity contribution in [3.05, 3.63) is 22.8 Å². The summed E-state index contributed by atoms with van der Waals surface area (Å²) in [4.78, 5) is 16.7. The van der Waals surface area contributed by atoms with Gasteiger partial charge in [0.15, 0.2) is 0 Å². The molecule has 1 amide bonds. The molecule has 5 nitrogen and oxygen atoms in total. The number of hydrogen-bond acceptors (Lipinski definition) is 4. The van der Waals surface area contributed by atoms with Crippen molar-refractivity contribution in [1.82, 2.24) is 10.3 Å². The highest BCUT2D eigenvalue weighted by Crippen LogP contribution is 2.54. The minimum Gasteiger partial charge on any atom is -0.477 e. The monoisotopic (exact) mass is 352 g/mol. The van der Waals surface area contributed by atoms with Crippen LogP contribution in [0.25, 0.3) is 0 Å². The van der Waals surface area contributed by atoms with Gasteiger partial charge >= 0.3 is 0 Å². The molecule has 6 heteroatoms. The van der Waals surface area contributed by atoms with Gasteiger partial charge in [-0.2, -0.15) is 0 Å². The van der Waals surface area contributed by atoms with Crippen molar-refractivity contribution in [2.75, 3.05) is 13.2 Å². The zero-order chi connectivity index (χ0) is 17.2. The summed E-state index contributed by atoms with van der Waals surface area (Å²) in [5.41, 5.74) is 0.588. The van der Waals surface area contributed by atoms with Crippen molar-refractivity contribution in [3.63, 3.8) is 0 Å². The van der Waals surface area contributed by atoms with Crippen LogP contribution < -0.4 is 10.1 Å². The van der Waals surface area contributed by atoms with Gasteiger partial charge in [0.2, 0.25) is 5.88 Å². The van der Waals surface area contributed by atoms with E-state index >= 15 is 0 Å². The van der Waals surface area contributed by atoms with Crippen LogP contribution in [-0.2, 0) is 4.74 Å². The van der Waals surface area contributed by atoms with Gasteiger partial charge in [0.05, 0.1) is 18.3 Å². The number of carbonyl (C=O) groups excluding carboxylic acids is 1. The Morgan fingerprint density at radius 1 is 1.38 bits per heavy atom. The van der Waals surface area contributed by atoms with Crippen LogP contribution in [0.2, 0.25) is 5.02 Å². The van der Waals surface area contributed by atoms with Crippen LogP contribution in [0.3, 0.4) is 0 Å². The van der Waals surface area contributed by atoms with Gasteiger partial charge < -0.3 is 14.8 Å². The second-order valence-corrected chi connectivity index (χ2v) is 7.00. The molecule has 2 aliphatic rings. The van der Waals surface area contributed by atoms with Crippen molar-refractivity contribution in [2.24, 2.45) is 5.41 Å². The van der Waals surface area contributed by atoms with Crippen LogP contribution in [0, 0.1) is 5.41 Å². The maximum atomic E-state index is 12.6. The van der Waals surface area contributed by atoms with E-state index in [9.17, 15) is 4.79 Å². The maximum absolute atomic E-state index is 12.6. The summed E-state index contributed by atoms with van der Waals surface area (Å²) in [7, 11) is 0. The molecule has 2 saturated carbocycles. The molecular weight excluding hydrogens is 328 g/mol. The molecule has 1 spiro atoms. The molecule has 0 bridgehead atoms. The van der Waals surface area contributed by atoms with E-state index in [1.165, 1.54) is 19.0 Å². The minimum atomic E-state index is -0.126. The Balaban J connectivity index is 1.68. The fraction of sp³-hybridized carbons (Fsp3) is 0.667. The summed E-state index contributed by atoms with van der Waals surface area (Å²) in [5, 5.41) is 3.54. The molecular formula is C18H25ClN2O3. The fourth-order valence-electron chi connectivity index (χ4n) is 4.12. The number of nitrogens with zero attached hydrogens (tertiary/aromatic N) is 1. The molecule has 0 aliphatic heterocycles. The van der Waals surface area contributed by atoms with Gasteiger partial charge in [-0.3, -0.25) is 4.79 Å². The zero-order valence-electron chi connectivity index (χ0n) is 14.3. The van der Waals surface area contributed by atoms with Crippen molar-refractivity contribution in [1.29, 1.82) is 0 Å². The van der Waals surface area contributed by atoms with E-state index in [4.69, 9.17) is 21.1 Å². The highest BCUT2D eigenvalue weighted by atomic mass is 35.5. The van der Waals surface area contributed by atoms with Crippen LogP contribution in [0.1, 0.15) is 56.3 Å². The molecule has 1 aromatic rings. The predicted molar refractivity (Wildman–Crippen MR) is 92.6 cm³/mol. The normalized spacial score (nSPS) is 24.6. The first-order chi connectivity index (χ1) is 11.6. The van der Waals surface area contributed by atoms with Gasteiger partial charge in [0, 0.05) is 24.3 Å². The van der Waals surface area contributed by atoms with Gasteiger partial charge in [-0.25, -0.2) is 4.98 Å². The second-order valence-electron chi connectivity index (χ2n) is 6.59. The van der Waals surface area contributed by atoms with E-state index < -0.39 is 0 Å². The third-order valence-electron chi connectivity index (χ3n) is 5.34. The number of aromatic nitrogens is 1. The Hall–Kier alpha value is -1.33. The maximum Gasteiger partial charge on any atom is 0.253 e. The molecule has 0 aromatic carbocycles. The molecule has 1 N–H and O–H groups in total. The first kappa shape index (κ1) is 17.5. The SMILES string of the molecule is CCOc1ncc(C(=O)NC2CC(OCC)C23CCCC3)cc1Cl. The van der Waals surface area contributed by atoms with Crippen LogP contribution in [0.4, 0.5) is 0 Å². The minimum absolute atomic E-state index is 0.119. The molecule has 1 heterocycles. The number of pyridine rings is 1. The molecule has 2 unspecified atom stereocenters. The number of nitrogens with one attached hydrogen (secondary N) is 1. The summed E-state index contributed by atoms with van der Waals surface area (Å²) in [6, 6.07) is 1.80. The molecule has 2 aliphatic carbocycles. The van der Waals surface area contributed by atoms with Crippen LogP contribution in [-0.4, -0.2) is 36.3 Å². The molecule has 2 fully saturated rings. The highest BCUT2D eigenvalue weighted by Gasteiger charge is 2.57. The van der Waals surface area contributed by atoms with Crippen LogP contribution >= 0.6 is 11.6 Å². The lowest BCUT2D eigenvalue weighted by Crippen LogP contribution is -2.63. The Kier molecular flexibility index (Phi) is 5.30. The standard InChI is InChI=1S/C18H25ClN2O3/c1-3-23-15-10-14(18(15)7-5-6-8-18)21-16(22)12-9-13(19)17(20-11-12)24-4-2/h9,11,14-15H,3-8,10H2,1-2H3,(H,21,22). The van der Waals surface area contributed by atoms with E-state index in [0.29, 0.717) is 23.1 Å².